The first-order chi connectivity index (χ1) is 16.5. The second-order valence-corrected chi connectivity index (χ2v) is 10.6. The third kappa shape index (κ3) is 7.71. The van der Waals surface area contributed by atoms with Crippen LogP contribution in [-0.2, 0) is 26.2 Å². The van der Waals surface area contributed by atoms with Crippen molar-refractivity contribution in [3.8, 4) is 5.75 Å². The smallest absolute Gasteiger partial charge is 0.244 e. The van der Waals surface area contributed by atoms with Crippen molar-refractivity contribution < 1.29 is 22.7 Å². The number of amides is 2. The summed E-state index contributed by atoms with van der Waals surface area (Å²) in [7, 11) is -2.39. The van der Waals surface area contributed by atoms with Gasteiger partial charge in [-0.1, -0.05) is 49.7 Å². The van der Waals surface area contributed by atoms with Crippen molar-refractivity contribution in [3.05, 3.63) is 59.2 Å². The SMILES string of the molecule is CCCNC(=O)C(CC)N(Cc1ccc(C)cc1)C(=O)CN(c1cc(C)ccc1OC)S(C)(=O)=O. The van der Waals surface area contributed by atoms with Crippen LogP contribution in [0.2, 0.25) is 0 Å². The van der Waals surface area contributed by atoms with Crippen LogP contribution in [0.4, 0.5) is 5.69 Å². The number of carbonyl (C=O) groups excluding carboxylic acids is 2. The van der Waals surface area contributed by atoms with Gasteiger partial charge >= 0.3 is 0 Å². The Hall–Kier alpha value is -3.07. The molecule has 2 aromatic rings. The lowest BCUT2D eigenvalue weighted by molar-refractivity contribution is -0.140. The van der Waals surface area contributed by atoms with Crippen molar-refractivity contribution >= 4 is 27.5 Å². The van der Waals surface area contributed by atoms with Crippen molar-refractivity contribution in [2.75, 3.05) is 30.8 Å². The van der Waals surface area contributed by atoms with Crippen LogP contribution in [0.25, 0.3) is 0 Å². The Balaban J connectivity index is 2.48. The van der Waals surface area contributed by atoms with Gasteiger partial charge in [0.15, 0.2) is 0 Å². The number of aryl methyl sites for hydroxylation is 2. The lowest BCUT2D eigenvalue weighted by atomic mass is 10.1. The fourth-order valence-electron chi connectivity index (χ4n) is 3.77. The molecule has 192 valence electrons. The monoisotopic (exact) mass is 503 g/mol. The molecule has 2 aromatic carbocycles. The van der Waals surface area contributed by atoms with Gasteiger partial charge in [-0.2, -0.15) is 0 Å². The van der Waals surface area contributed by atoms with E-state index < -0.39 is 28.5 Å². The van der Waals surface area contributed by atoms with Gasteiger partial charge < -0.3 is 15.0 Å². The normalized spacial score (nSPS) is 12.1. The Labute approximate surface area is 209 Å². The van der Waals surface area contributed by atoms with Gasteiger partial charge in [0.2, 0.25) is 21.8 Å². The molecule has 8 nitrogen and oxygen atoms in total. The molecule has 0 saturated heterocycles. The topological polar surface area (TPSA) is 96.0 Å². The van der Waals surface area contributed by atoms with Gasteiger partial charge in [0, 0.05) is 13.1 Å². The second-order valence-electron chi connectivity index (χ2n) is 8.67. The van der Waals surface area contributed by atoms with Gasteiger partial charge in [-0.25, -0.2) is 8.42 Å². The molecule has 0 aromatic heterocycles. The van der Waals surface area contributed by atoms with Crippen molar-refractivity contribution in [3.63, 3.8) is 0 Å². The number of ether oxygens (including phenoxy) is 1. The largest absolute Gasteiger partial charge is 0.495 e. The van der Waals surface area contributed by atoms with Gasteiger partial charge in [0.05, 0.1) is 19.1 Å². The van der Waals surface area contributed by atoms with Crippen molar-refractivity contribution in [1.29, 1.82) is 0 Å². The maximum absolute atomic E-state index is 13.7. The highest BCUT2D eigenvalue weighted by Gasteiger charge is 2.32. The number of carbonyl (C=O) groups is 2. The fraction of sp³-hybridized carbons (Fsp3) is 0.462. The Morgan fingerprint density at radius 1 is 1.03 bits per heavy atom. The van der Waals surface area contributed by atoms with Crippen LogP contribution >= 0.6 is 0 Å². The minimum atomic E-state index is -3.84. The van der Waals surface area contributed by atoms with E-state index in [1.54, 1.807) is 18.2 Å². The molecule has 0 aliphatic rings. The molecule has 2 rings (SSSR count). The molecule has 0 spiro atoms. The average molecular weight is 504 g/mol. The van der Waals surface area contributed by atoms with E-state index >= 15 is 0 Å². The maximum atomic E-state index is 13.7. The van der Waals surface area contributed by atoms with Crippen LogP contribution in [-0.4, -0.2) is 57.6 Å². The second kappa shape index (κ2) is 12.6. The number of benzene rings is 2. The molecule has 1 atom stereocenters. The lowest BCUT2D eigenvalue weighted by Crippen LogP contribution is -2.52. The van der Waals surface area contributed by atoms with E-state index in [2.05, 4.69) is 5.32 Å². The zero-order valence-electron chi connectivity index (χ0n) is 21.5. The van der Waals surface area contributed by atoms with E-state index in [-0.39, 0.29) is 18.1 Å². The number of rotatable bonds is 12. The number of sulfonamides is 1. The summed E-state index contributed by atoms with van der Waals surface area (Å²) in [6.45, 7) is 7.82. The zero-order valence-corrected chi connectivity index (χ0v) is 22.3. The molecule has 0 fully saturated rings. The maximum Gasteiger partial charge on any atom is 0.244 e. The molecule has 2 amide bonds. The minimum absolute atomic E-state index is 0.180. The summed E-state index contributed by atoms with van der Waals surface area (Å²) in [6, 6.07) is 12.1. The van der Waals surface area contributed by atoms with Crippen LogP contribution in [0, 0.1) is 13.8 Å². The van der Waals surface area contributed by atoms with E-state index in [9.17, 15) is 18.0 Å². The summed E-state index contributed by atoms with van der Waals surface area (Å²) in [4.78, 5) is 28.1. The number of nitrogens with zero attached hydrogens (tertiary/aromatic N) is 2. The first-order valence-electron chi connectivity index (χ1n) is 11.8. The van der Waals surface area contributed by atoms with Crippen LogP contribution in [0.5, 0.6) is 5.75 Å². The van der Waals surface area contributed by atoms with Crippen LogP contribution < -0.4 is 14.4 Å². The highest BCUT2D eigenvalue weighted by Crippen LogP contribution is 2.31. The molecule has 0 bridgehead atoms. The molecule has 0 radical (unpaired) electrons. The average Bonchev–Trinajstić information content (AvgIpc) is 2.81. The Bertz CT molecular complexity index is 1120. The third-order valence-corrected chi connectivity index (χ3v) is 6.82. The molecule has 0 saturated carbocycles. The van der Waals surface area contributed by atoms with Crippen molar-refractivity contribution in [1.82, 2.24) is 10.2 Å². The van der Waals surface area contributed by atoms with Gasteiger partial charge in [0.25, 0.3) is 0 Å². The fourth-order valence-corrected chi connectivity index (χ4v) is 4.61. The highest BCUT2D eigenvalue weighted by atomic mass is 32.2. The zero-order chi connectivity index (χ0) is 26.2. The van der Waals surface area contributed by atoms with Crippen LogP contribution in [0.15, 0.2) is 42.5 Å². The summed E-state index contributed by atoms with van der Waals surface area (Å²) in [5, 5.41) is 2.87. The van der Waals surface area contributed by atoms with E-state index in [0.717, 1.165) is 33.7 Å². The van der Waals surface area contributed by atoms with Gasteiger partial charge in [-0.3, -0.25) is 13.9 Å². The first-order valence-corrected chi connectivity index (χ1v) is 13.6. The molecule has 35 heavy (non-hydrogen) atoms. The number of hydrogen-bond acceptors (Lipinski definition) is 5. The quantitative estimate of drug-likeness (QED) is 0.479. The highest BCUT2D eigenvalue weighted by molar-refractivity contribution is 7.92. The number of methoxy groups -OCH3 is 1. The Kier molecular flexibility index (Phi) is 10.1. The lowest BCUT2D eigenvalue weighted by Gasteiger charge is -2.33. The standard InChI is InChI=1S/C26H37N3O5S/c1-7-15-27-26(31)22(8-2)28(17-21-12-9-19(3)10-13-21)25(30)18-29(35(6,32)33)23-16-20(4)11-14-24(23)34-5/h9-14,16,22H,7-8,15,17-18H2,1-6H3,(H,27,31). The molecule has 1 unspecified atom stereocenters. The minimum Gasteiger partial charge on any atom is -0.495 e. The van der Waals surface area contributed by atoms with E-state index in [1.807, 2.05) is 52.0 Å². The van der Waals surface area contributed by atoms with Crippen molar-refractivity contribution in [2.24, 2.45) is 0 Å². The predicted octanol–water partition coefficient (Wildman–Crippen LogP) is 3.41. The van der Waals surface area contributed by atoms with Gasteiger partial charge in [-0.05, 0) is 49.9 Å². The number of hydrogen-bond donors (Lipinski definition) is 1. The number of nitrogens with one attached hydrogen (secondary N) is 1. The van der Waals surface area contributed by atoms with Gasteiger partial charge in [-0.15, -0.1) is 0 Å². The Morgan fingerprint density at radius 2 is 1.66 bits per heavy atom. The number of anilines is 1. The summed E-state index contributed by atoms with van der Waals surface area (Å²) < 4.78 is 32.0. The molecule has 0 aliphatic carbocycles. The van der Waals surface area contributed by atoms with Gasteiger partial charge in [0.1, 0.15) is 18.3 Å². The third-order valence-electron chi connectivity index (χ3n) is 5.69. The molecular formula is C26H37N3O5S. The molecular weight excluding hydrogens is 466 g/mol. The van der Waals surface area contributed by atoms with E-state index in [0.29, 0.717) is 18.7 Å². The molecule has 1 N–H and O–H groups in total. The molecule has 9 heteroatoms. The summed E-state index contributed by atoms with van der Waals surface area (Å²) in [6.07, 6.45) is 2.21. The van der Waals surface area contributed by atoms with E-state index in [1.165, 1.54) is 12.0 Å². The van der Waals surface area contributed by atoms with Crippen LogP contribution in [0.1, 0.15) is 43.4 Å². The summed E-state index contributed by atoms with van der Waals surface area (Å²) >= 11 is 0. The van der Waals surface area contributed by atoms with E-state index in [4.69, 9.17) is 4.74 Å². The molecule has 0 heterocycles. The molecule has 0 aliphatic heterocycles. The van der Waals surface area contributed by atoms with Crippen LogP contribution in [0.3, 0.4) is 0 Å². The predicted molar refractivity (Wildman–Crippen MR) is 139 cm³/mol. The van der Waals surface area contributed by atoms with Crippen molar-refractivity contribution in [2.45, 2.75) is 53.1 Å². The first kappa shape index (κ1) is 28.2. The summed E-state index contributed by atoms with van der Waals surface area (Å²) in [5.41, 5.74) is 3.03. The Morgan fingerprint density at radius 3 is 2.20 bits per heavy atom. The summed E-state index contributed by atoms with van der Waals surface area (Å²) in [5.74, 6) is -0.390.